The van der Waals surface area contributed by atoms with E-state index < -0.39 is 5.82 Å². The number of halogens is 1. The van der Waals surface area contributed by atoms with Crippen molar-refractivity contribution >= 4 is 17.5 Å². The van der Waals surface area contributed by atoms with Crippen molar-refractivity contribution in [3.8, 4) is 0 Å². The number of nitrogens with two attached hydrogens (primary N) is 1. The Balaban J connectivity index is 1.80. The molecule has 2 aromatic rings. The number of benzene rings is 1. The van der Waals surface area contributed by atoms with Crippen molar-refractivity contribution in [1.29, 1.82) is 0 Å². The molecular weight excluding hydrogens is 279 g/mol. The Hall–Kier alpha value is -2.17. The average Bonchev–Trinajstić information content (AvgIpc) is 2.62. The smallest absolute Gasteiger partial charge is 0.229 e. The summed E-state index contributed by atoms with van der Waals surface area (Å²) < 4.78 is 13.1. The zero-order valence-electron chi connectivity index (χ0n) is 12.6. The monoisotopic (exact) mass is 300 g/mol. The fourth-order valence-electron chi connectivity index (χ4n) is 2.91. The van der Waals surface area contributed by atoms with Crippen molar-refractivity contribution in [3.05, 3.63) is 41.3 Å². The molecule has 0 spiro atoms. The molecule has 0 radical (unpaired) electrons. The largest absolute Gasteiger partial charge is 0.381 e. The van der Waals surface area contributed by atoms with E-state index in [9.17, 15) is 4.39 Å². The molecule has 22 heavy (non-hydrogen) atoms. The van der Waals surface area contributed by atoms with E-state index in [0.717, 1.165) is 24.7 Å². The summed E-state index contributed by atoms with van der Waals surface area (Å²) in [4.78, 5) is 7.83. The van der Waals surface area contributed by atoms with Gasteiger partial charge < -0.3 is 11.1 Å². The van der Waals surface area contributed by atoms with Gasteiger partial charge in [-0.1, -0.05) is 25.3 Å². The van der Waals surface area contributed by atoms with Crippen LogP contribution in [0.15, 0.2) is 24.4 Å². The summed E-state index contributed by atoms with van der Waals surface area (Å²) in [5, 5.41) is 3.10. The Bertz CT molecular complexity index is 657. The first-order valence-corrected chi connectivity index (χ1v) is 7.89. The van der Waals surface area contributed by atoms with Gasteiger partial charge in [-0.3, -0.25) is 0 Å². The van der Waals surface area contributed by atoms with Crippen molar-refractivity contribution in [2.75, 3.05) is 11.1 Å². The molecule has 1 aromatic heterocycles. The number of aryl methyl sites for hydroxylation is 2. The molecule has 3 rings (SSSR count). The first kappa shape index (κ1) is 14.8. The lowest BCUT2D eigenvalue weighted by atomic mass is 9.99. The molecule has 0 atom stereocenters. The Morgan fingerprint density at radius 3 is 2.50 bits per heavy atom. The van der Waals surface area contributed by atoms with Gasteiger partial charge in [0.2, 0.25) is 5.95 Å². The van der Waals surface area contributed by atoms with Gasteiger partial charge in [-0.25, -0.2) is 9.37 Å². The van der Waals surface area contributed by atoms with Gasteiger partial charge in [-0.15, -0.1) is 0 Å². The Kier molecular flexibility index (Phi) is 4.51. The molecular formula is C17H21FN4. The quantitative estimate of drug-likeness (QED) is 0.880. The first-order valence-electron chi connectivity index (χ1n) is 7.89. The highest BCUT2D eigenvalue weighted by atomic mass is 19.1. The van der Waals surface area contributed by atoms with Crippen LogP contribution in [-0.4, -0.2) is 9.97 Å². The van der Waals surface area contributed by atoms with Gasteiger partial charge in [0.05, 0.1) is 6.20 Å². The van der Waals surface area contributed by atoms with Crippen LogP contribution in [0.25, 0.3) is 0 Å². The van der Waals surface area contributed by atoms with Gasteiger partial charge in [-0.05, 0) is 48.9 Å². The van der Waals surface area contributed by atoms with E-state index in [1.807, 2.05) is 6.07 Å². The summed E-state index contributed by atoms with van der Waals surface area (Å²) in [6.07, 6.45) is 9.79. The Morgan fingerprint density at radius 1 is 1.00 bits per heavy atom. The molecule has 116 valence electrons. The molecule has 1 aliphatic carbocycles. The summed E-state index contributed by atoms with van der Waals surface area (Å²) in [7, 11) is 0. The molecule has 0 unspecified atom stereocenters. The number of nitrogens with one attached hydrogen (secondary N) is 1. The topological polar surface area (TPSA) is 63.8 Å². The predicted molar refractivity (Wildman–Crippen MR) is 86.6 cm³/mol. The van der Waals surface area contributed by atoms with Crippen LogP contribution in [0.1, 0.15) is 43.2 Å². The lowest BCUT2D eigenvalue weighted by Gasteiger charge is -2.12. The molecule has 0 aliphatic heterocycles. The fraction of sp³-hybridized carbons (Fsp3) is 0.412. The van der Waals surface area contributed by atoms with Gasteiger partial charge in [0.25, 0.3) is 0 Å². The Morgan fingerprint density at radius 2 is 1.73 bits per heavy atom. The minimum Gasteiger partial charge on any atom is -0.381 e. The van der Waals surface area contributed by atoms with Crippen LogP contribution < -0.4 is 11.1 Å². The number of anilines is 3. The van der Waals surface area contributed by atoms with Crippen LogP contribution in [0.2, 0.25) is 0 Å². The standard InChI is InChI=1S/C17H21FN4/c18-15-11-20-17(22-16(15)19)21-14-9-8-12-6-4-2-1-3-5-7-13(12)10-14/h8-11H,1-7H2,(H3,19,20,21,22). The minimum atomic E-state index is -0.597. The summed E-state index contributed by atoms with van der Waals surface area (Å²) in [5.74, 6) is -0.415. The number of hydrogen-bond donors (Lipinski definition) is 2. The second-order valence-electron chi connectivity index (χ2n) is 5.80. The van der Waals surface area contributed by atoms with Crippen LogP contribution >= 0.6 is 0 Å². The number of hydrogen-bond acceptors (Lipinski definition) is 4. The van der Waals surface area contributed by atoms with E-state index in [-0.39, 0.29) is 5.82 Å². The van der Waals surface area contributed by atoms with E-state index in [4.69, 9.17) is 5.73 Å². The lowest BCUT2D eigenvalue weighted by molar-refractivity contribution is 0.620. The van der Waals surface area contributed by atoms with Crippen molar-refractivity contribution in [3.63, 3.8) is 0 Å². The molecule has 0 saturated carbocycles. The molecule has 1 aromatic carbocycles. The van der Waals surface area contributed by atoms with E-state index in [1.54, 1.807) is 0 Å². The maximum Gasteiger partial charge on any atom is 0.229 e. The van der Waals surface area contributed by atoms with E-state index >= 15 is 0 Å². The third-order valence-electron chi connectivity index (χ3n) is 4.13. The molecule has 4 nitrogen and oxygen atoms in total. The predicted octanol–water partition coefficient (Wildman–Crippen LogP) is 3.99. The van der Waals surface area contributed by atoms with Crippen molar-refractivity contribution in [2.24, 2.45) is 0 Å². The summed E-state index contributed by atoms with van der Waals surface area (Å²) in [6, 6.07) is 6.36. The van der Waals surface area contributed by atoms with Gasteiger partial charge >= 0.3 is 0 Å². The number of fused-ring (bicyclic) bond motifs is 1. The molecule has 0 fully saturated rings. The summed E-state index contributed by atoms with van der Waals surface area (Å²) in [6.45, 7) is 0. The molecule has 1 aliphatic rings. The zero-order valence-corrected chi connectivity index (χ0v) is 12.6. The van der Waals surface area contributed by atoms with Crippen molar-refractivity contribution in [2.45, 2.75) is 44.9 Å². The highest BCUT2D eigenvalue weighted by Crippen LogP contribution is 2.24. The van der Waals surface area contributed by atoms with Crippen LogP contribution in [0, 0.1) is 5.82 Å². The fourth-order valence-corrected chi connectivity index (χ4v) is 2.91. The summed E-state index contributed by atoms with van der Waals surface area (Å²) >= 11 is 0. The van der Waals surface area contributed by atoms with Crippen LogP contribution in [0.4, 0.5) is 21.8 Å². The highest BCUT2D eigenvalue weighted by Gasteiger charge is 2.09. The van der Waals surface area contributed by atoms with Crippen molar-refractivity contribution in [1.82, 2.24) is 9.97 Å². The normalized spacial score (nSPS) is 15.3. The number of aromatic nitrogens is 2. The molecule has 0 saturated heterocycles. The summed E-state index contributed by atoms with van der Waals surface area (Å²) in [5.41, 5.74) is 9.22. The average molecular weight is 300 g/mol. The molecule has 0 bridgehead atoms. The van der Waals surface area contributed by atoms with Crippen LogP contribution in [0.3, 0.4) is 0 Å². The molecule has 1 heterocycles. The van der Waals surface area contributed by atoms with Gasteiger partial charge in [0, 0.05) is 5.69 Å². The maximum atomic E-state index is 13.1. The Labute approximate surface area is 130 Å². The second-order valence-corrected chi connectivity index (χ2v) is 5.80. The van der Waals surface area contributed by atoms with E-state index in [1.165, 1.54) is 43.2 Å². The van der Waals surface area contributed by atoms with Crippen molar-refractivity contribution < 1.29 is 4.39 Å². The molecule has 5 heteroatoms. The molecule has 3 N–H and O–H groups in total. The SMILES string of the molecule is Nc1nc(Nc2ccc3c(c2)CCCCCCC3)ncc1F. The number of nitrogens with zero attached hydrogens (tertiary/aromatic N) is 2. The maximum absolute atomic E-state index is 13.1. The van der Waals surface area contributed by atoms with E-state index in [2.05, 4.69) is 27.4 Å². The van der Waals surface area contributed by atoms with Gasteiger partial charge in [-0.2, -0.15) is 4.98 Å². The van der Waals surface area contributed by atoms with Crippen LogP contribution in [-0.2, 0) is 12.8 Å². The number of rotatable bonds is 2. The van der Waals surface area contributed by atoms with E-state index in [0.29, 0.717) is 5.95 Å². The third-order valence-corrected chi connectivity index (χ3v) is 4.13. The minimum absolute atomic E-state index is 0.139. The van der Waals surface area contributed by atoms with Gasteiger partial charge in [0.1, 0.15) is 0 Å². The lowest BCUT2D eigenvalue weighted by Crippen LogP contribution is -2.03. The van der Waals surface area contributed by atoms with Crippen LogP contribution in [0.5, 0.6) is 0 Å². The zero-order chi connectivity index (χ0) is 15.4. The third kappa shape index (κ3) is 3.53. The highest BCUT2D eigenvalue weighted by molar-refractivity contribution is 5.57. The first-order chi connectivity index (χ1) is 10.7. The van der Waals surface area contributed by atoms with Gasteiger partial charge in [0.15, 0.2) is 11.6 Å². The second kappa shape index (κ2) is 6.73. The number of nitrogen functional groups attached to an aromatic ring is 1. The molecule has 0 amide bonds.